The first-order chi connectivity index (χ1) is 47.8. The number of aliphatic hydroxyl groups is 1. The summed E-state index contributed by atoms with van der Waals surface area (Å²) in [5.41, 5.74) is 9.39. The van der Waals surface area contributed by atoms with Crippen LogP contribution in [0.25, 0.3) is 27.0 Å². The summed E-state index contributed by atoms with van der Waals surface area (Å²) < 4.78 is 36.7. The molecular formula is C75H93ClN12O10S2. The summed E-state index contributed by atoms with van der Waals surface area (Å²) >= 11 is 7.86. The molecule has 3 saturated heterocycles. The van der Waals surface area contributed by atoms with Crippen LogP contribution in [0.5, 0.6) is 11.5 Å². The summed E-state index contributed by atoms with van der Waals surface area (Å²) in [4.78, 5) is 88.4. The zero-order chi connectivity index (χ0) is 70.9. The van der Waals surface area contributed by atoms with E-state index in [0.29, 0.717) is 42.5 Å². The molecule has 0 bridgehead atoms. The van der Waals surface area contributed by atoms with Crippen molar-refractivity contribution in [3.05, 3.63) is 158 Å². The number of nitro groups is 1. The van der Waals surface area contributed by atoms with Gasteiger partial charge in [0.1, 0.15) is 34.9 Å². The Hall–Kier alpha value is -8.26. The third kappa shape index (κ3) is 18.6. The van der Waals surface area contributed by atoms with Gasteiger partial charge in [0.15, 0.2) is 0 Å². The number of piperazine rings is 1. The van der Waals surface area contributed by atoms with Crippen molar-refractivity contribution < 1.29 is 42.4 Å². The number of ether oxygens (including phenoxy) is 1. The first kappa shape index (κ1) is 73.0. The molecule has 25 heteroatoms. The molecule has 7 aromatic rings. The van der Waals surface area contributed by atoms with Gasteiger partial charge in [0.25, 0.3) is 21.6 Å². The molecule has 4 aromatic carbocycles. The number of aromatic amines is 1. The predicted octanol–water partition coefficient (Wildman–Crippen LogP) is 12.5. The number of nitro benzene ring substituents is 1. The molecule has 6 heterocycles. The van der Waals surface area contributed by atoms with Crippen LogP contribution < -0.4 is 30.3 Å². The number of H-pyrrole nitrogens is 1. The molecule has 0 spiro atoms. The standard InChI is InChI=1S/C75H93ClN12O10S2/c1-49-68(99-48-81-49)53-17-15-50(16-18-53)42-80-72(92)65-39-58(89)47-87(65)73(93)69(74(2,3)4)82-67(90)14-10-8-7-9-11-31-84-32-12-13-51(45-84)43-78-63-26-24-60(40-64(63)88(94)95)100(96,97)83-71(91)61-25-23-57(38-66(61)98-59-37-54-28-30-77-70(54)79-44-59)86-35-33-85(34-36-86)46-55-27-29-75(5,6)41-62(55)52-19-21-56(76)22-20-52/h15-26,28,30,37-38,40,44,48,51,58,65,69,78,89H,7-14,27,29,31-36,39,41-43,45-47H2,1-6H3,(H,77,79)(H,80,92)(H,82,90)(H,83,91)/t51?,58-,65+,69-/m1/s1. The largest absolute Gasteiger partial charge is 0.455 e. The van der Waals surface area contributed by atoms with Crippen LogP contribution in [-0.2, 0) is 31.0 Å². The molecule has 3 fully saturated rings. The molecule has 1 unspecified atom stereocenters. The number of sulfonamides is 1. The molecule has 3 aromatic heterocycles. The number of piperidine rings is 1. The Bertz CT molecular complexity index is 4220. The van der Waals surface area contributed by atoms with Crippen LogP contribution >= 0.6 is 22.9 Å². The Morgan fingerprint density at radius 3 is 2.38 bits per heavy atom. The lowest BCUT2D eigenvalue weighted by Gasteiger charge is -2.39. The van der Waals surface area contributed by atoms with Gasteiger partial charge < -0.3 is 45.5 Å². The van der Waals surface area contributed by atoms with E-state index in [2.05, 4.69) is 76.3 Å². The maximum Gasteiger partial charge on any atom is 0.293 e. The van der Waals surface area contributed by atoms with Crippen molar-refractivity contribution in [3.8, 4) is 21.9 Å². The molecule has 0 saturated carbocycles. The molecule has 1 aliphatic carbocycles. The average Bonchev–Trinajstić information content (AvgIpc) is 1.18. The van der Waals surface area contributed by atoms with Crippen molar-refractivity contribution >= 4 is 90.3 Å². The summed E-state index contributed by atoms with van der Waals surface area (Å²) in [6.45, 7) is 19.3. The maximum absolute atomic E-state index is 14.2. The Kier molecular flexibility index (Phi) is 23.5. The number of β-amino-alcohol motifs (C(OH)–C–C–N with tert-alkyl or cyclic N) is 1. The molecule has 4 atom stereocenters. The topological polar surface area (TPSA) is 278 Å². The number of halogens is 1. The Morgan fingerprint density at radius 2 is 1.64 bits per heavy atom. The van der Waals surface area contributed by atoms with E-state index in [1.54, 1.807) is 41.8 Å². The minimum atomic E-state index is -4.65. The molecule has 22 nitrogen and oxygen atoms in total. The van der Waals surface area contributed by atoms with E-state index in [1.807, 2.05) is 75.7 Å². The fraction of sp³-hybridized carbons (Fsp3) is 0.467. The van der Waals surface area contributed by atoms with Gasteiger partial charge >= 0.3 is 0 Å². The fourth-order valence-corrected chi connectivity index (χ4v) is 16.1. The van der Waals surface area contributed by atoms with Crippen molar-refractivity contribution in [2.75, 3.05) is 75.7 Å². The van der Waals surface area contributed by atoms with Crippen molar-refractivity contribution in [2.45, 2.75) is 148 Å². The van der Waals surface area contributed by atoms with Crippen LogP contribution in [0.2, 0.25) is 5.02 Å². The summed E-state index contributed by atoms with van der Waals surface area (Å²) in [6, 6.07) is 26.5. The number of carbonyl (C=O) groups excluding carboxylic acids is 4. The average molecular weight is 1420 g/mol. The zero-order valence-electron chi connectivity index (χ0n) is 58.0. The molecule has 3 aliphatic heterocycles. The van der Waals surface area contributed by atoms with Gasteiger partial charge in [0.2, 0.25) is 17.7 Å². The highest BCUT2D eigenvalue weighted by Gasteiger charge is 2.45. The highest BCUT2D eigenvalue weighted by atomic mass is 35.5. The SMILES string of the molecule is Cc1ncsc1-c1ccc(CNC(=O)[C@@H]2C[C@@H](O)CN2C(=O)[C@@H](NC(=O)CCCCCCCN2CCCC(CNc3ccc(S(=O)(=O)NC(=O)c4ccc(N5CCN(CC6=C(c7ccc(Cl)cc7)CC(C)(C)CC6)CC5)cc4Oc4cnc5[nH]ccc5c4)cc3[N+](=O)[O-])C2)C(C)(C)C)cc1. The lowest BCUT2D eigenvalue weighted by Crippen LogP contribution is -2.57. The second-order valence-electron chi connectivity index (χ2n) is 29.1. The van der Waals surface area contributed by atoms with Gasteiger partial charge in [-0.2, -0.15) is 0 Å². The minimum absolute atomic E-state index is 0.00518. The molecule has 0 radical (unpaired) electrons. The van der Waals surface area contributed by atoms with Gasteiger partial charge in [-0.15, -0.1) is 11.3 Å². The van der Waals surface area contributed by atoms with E-state index in [9.17, 15) is 42.8 Å². The number of rotatable bonds is 27. The lowest BCUT2D eigenvalue weighted by atomic mass is 9.72. The van der Waals surface area contributed by atoms with E-state index in [1.165, 1.54) is 39.9 Å². The van der Waals surface area contributed by atoms with Gasteiger partial charge in [-0.1, -0.05) is 107 Å². The molecule has 4 amide bonds. The number of nitrogens with one attached hydrogen (secondary N) is 5. The van der Waals surface area contributed by atoms with Crippen molar-refractivity contribution in [2.24, 2.45) is 16.7 Å². The Morgan fingerprint density at radius 1 is 0.890 bits per heavy atom. The fourth-order valence-electron chi connectivity index (χ4n) is 14.1. The number of unbranched alkanes of at least 4 members (excludes halogenated alkanes) is 4. The predicted molar refractivity (Wildman–Crippen MR) is 392 cm³/mol. The summed E-state index contributed by atoms with van der Waals surface area (Å²) in [5, 5.41) is 33.9. The second kappa shape index (κ2) is 32.2. The Labute approximate surface area is 594 Å². The molecule has 532 valence electrons. The van der Waals surface area contributed by atoms with Gasteiger partial charge in [-0.3, -0.25) is 34.2 Å². The smallest absolute Gasteiger partial charge is 0.293 e. The number of nitrogens with zero attached hydrogens (tertiary/aromatic N) is 7. The number of likely N-dealkylation sites (tertiary alicyclic amines) is 2. The van der Waals surface area contributed by atoms with Crippen LogP contribution in [0.3, 0.4) is 0 Å². The normalized spacial score (nSPS) is 18.8. The van der Waals surface area contributed by atoms with Crippen LogP contribution in [0.1, 0.15) is 139 Å². The number of hydrogen-bond acceptors (Lipinski definition) is 17. The van der Waals surface area contributed by atoms with Crippen molar-refractivity contribution in [3.63, 3.8) is 0 Å². The van der Waals surface area contributed by atoms with Crippen LogP contribution in [0.4, 0.5) is 17.1 Å². The highest BCUT2D eigenvalue weighted by molar-refractivity contribution is 7.90. The molecule has 4 aliphatic rings. The number of aryl methyl sites for hydroxylation is 1. The highest BCUT2D eigenvalue weighted by Crippen LogP contribution is 2.44. The molecular weight excluding hydrogens is 1330 g/mol. The van der Waals surface area contributed by atoms with E-state index >= 15 is 0 Å². The number of aromatic nitrogens is 3. The monoisotopic (exact) mass is 1420 g/mol. The number of allylic oxidation sites excluding steroid dienone is 1. The summed E-state index contributed by atoms with van der Waals surface area (Å²) in [5.74, 6) is -1.37. The van der Waals surface area contributed by atoms with E-state index in [0.717, 1.165) is 136 Å². The number of pyridine rings is 1. The second-order valence-corrected chi connectivity index (χ2v) is 32.1. The summed E-state index contributed by atoms with van der Waals surface area (Å²) in [6.07, 6.45) is 12.0. The van der Waals surface area contributed by atoms with Crippen molar-refractivity contribution in [1.82, 2.24) is 45.0 Å². The third-order valence-electron chi connectivity index (χ3n) is 19.8. The van der Waals surface area contributed by atoms with Crippen molar-refractivity contribution in [1.29, 1.82) is 0 Å². The lowest BCUT2D eigenvalue weighted by molar-refractivity contribution is -0.384. The first-order valence-electron chi connectivity index (χ1n) is 34.9. The zero-order valence-corrected chi connectivity index (χ0v) is 60.4. The van der Waals surface area contributed by atoms with Gasteiger partial charge in [-0.25, -0.2) is 23.1 Å². The van der Waals surface area contributed by atoms with E-state index in [-0.39, 0.29) is 66.1 Å². The van der Waals surface area contributed by atoms with E-state index in [4.69, 9.17) is 16.3 Å². The number of hydrogen-bond donors (Lipinski definition) is 6. The number of aliphatic hydroxyl groups excluding tert-OH is 1. The number of carbonyl (C=O) groups is 4. The first-order valence-corrected chi connectivity index (χ1v) is 37.6. The van der Waals surface area contributed by atoms with Gasteiger partial charge in [0, 0.05) is 106 Å². The molecule has 6 N–H and O–H groups in total. The van der Waals surface area contributed by atoms with Gasteiger partial charge in [0.05, 0.1) is 43.8 Å². The molecule has 11 rings (SSSR count). The van der Waals surface area contributed by atoms with Crippen LogP contribution in [-0.4, -0.2) is 155 Å². The number of amides is 4. The van der Waals surface area contributed by atoms with Gasteiger partial charge in [-0.05, 0) is 153 Å². The third-order valence-corrected chi connectivity index (χ3v) is 22.4. The Balaban J connectivity index is 0.633. The number of thiazole rings is 1. The molecule has 100 heavy (non-hydrogen) atoms. The van der Waals surface area contributed by atoms with Crippen LogP contribution in [0.15, 0.2) is 125 Å². The number of fused-ring (bicyclic) bond motifs is 1. The number of anilines is 2. The number of benzene rings is 4. The minimum Gasteiger partial charge on any atom is -0.455 e. The quantitative estimate of drug-likeness (QED) is 0.0159. The van der Waals surface area contributed by atoms with E-state index < -0.39 is 60.9 Å². The van der Waals surface area contributed by atoms with Crippen LogP contribution in [0, 0.1) is 33.8 Å². The summed E-state index contributed by atoms with van der Waals surface area (Å²) in [7, 11) is -4.65. The maximum atomic E-state index is 14.2.